The summed E-state index contributed by atoms with van der Waals surface area (Å²) in [6, 6.07) is 12.8. The fourth-order valence-electron chi connectivity index (χ4n) is 7.54. The van der Waals surface area contributed by atoms with Crippen molar-refractivity contribution in [3.63, 3.8) is 0 Å². The van der Waals surface area contributed by atoms with Gasteiger partial charge in [-0.05, 0) is 119 Å². The molecule has 5 heterocycles. The number of aromatic nitrogens is 3. The molecule has 3 fully saturated rings. The molecule has 2 aliphatic heterocycles. The standard InChI is InChI=1S/C37H47N5O2/c1-23-15-24(2)17-28(16-23)34-33(25(3)19-38-14-13-27-9-12-32(43)41(6)21-27)31-18-29(20-39-35(31)40-34)37(4,5)36(44)42-22-26-7-10-30(42)11-8-26/h9,12,15-18,20-21,25-26,30,38H,7-8,10-11,13-14,19,22H2,1-6H3,(H,39,40). The monoisotopic (exact) mass is 593 g/mol. The van der Waals surface area contributed by atoms with Crippen LogP contribution in [0.15, 0.2) is 53.6 Å². The minimum absolute atomic E-state index is 0.00889. The van der Waals surface area contributed by atoms with Gasteiger partial charge < -0.3 is 19.8 Å². The van der Waals surface area contributed by atoms with E-state index in [1.807, 2.05) is 18.5 Å². The van der Waals surface area contributed by atoms with Crippen molar-refractivity contribution in [1.29, 1.82) is 0 Å². The Kier molecular flexibility index (Phi) is 8.27. The normalized spacial score (nSPS) is 19.1. The molecule has 1 saturated carbocycles. The molecule has 7 heteroatoms. The van der Waals surface area contributed by atoms with E-state index in [-0.39, 0.29) is 17.4 Å². The van der Waals surface area contributed by atoms with Gasteiger partial charge in [0.2, 0.25) is 11.5 Å². The van der Waals surface area contributed by atoms with Crippen molar-refractivity contribution in [2.75, 3.05) is 19.6 Å². The first-order valence-electron chi connectivity index (χ1n) is 16.3. The highest BCUT2D eigenvalue weighted by Crippen LogP contribution is 2.40. The van der Waals surface area contributed by atoms with Crippen molar-refractivity contribution in [3.05, 3.63) is 87.0 Å². The lowest BCUT2D eigenvalue weighted by molar-refractivity contribution is -0.144. The van der Waals surface area contributed by atoms with Gasteiger partial charge in [-0.15, -0.1) is 0 Å². The molecule has 232 valence electrons. The van der Waals surface area contributed by atoms with Crippen molar-refractivity contribution >= 4 is 16.9 Å². The van der Waals surface area contributed by atoms with E-state index >= 15 is 0 Å². The summed E-state index contributed by atoms with van der Waals surface area (Å²) >= 11 is 0. The predicted molar refractivity (Wildman–Crippen MR) is 178 cm³/mol. The van der Waals surface area contributed by atoms with Gasteiger partial charge >= 0.3 is 0 Å². The highest BCUT2D eigenvalue weighted by Gasteiger charge is 2.42. The summed E-state index contributed by atoms with van der Waals surface area (Å²) in [5.74, 6) is 1.07. The molecule has 7 rings (SSSR count). The lowest BCUT2D eigenvalue weighted by atomic mass is 9.76. The predicted octanol–water partition coefficient (Wildman–Crippen LogP) is 6.16. The van der Waals surface area contributed by atoms with Crippen molar-refractivity contribution in [1.82, 2.24) is 24.8 Å². The van der Waals surface area contributed by atoms with E-state index in [0.29, 0.717) is 12.0 Å². The summed E-state index contributed by atoms with van der Waals surface area (Å²) in [5.41, 5.74) is 8.25. The van der Waals surface area contributed by atoms with Crippen LogP contribution in [-0.4, -0.2) is 51.0 Å². The Bertz CT molecular complexity index is 1720. The van der Waals surface area contributed by atoms with E-state index in [1.165, 1.54) is 29.5 Å². The summed E-state index contributed by atoms with van der Waals surface area (Å²) in [7, 11) is 1.79. The van der Waals surface area contributed by atoms with Gasteiger partial charge in [-0.25, -0.2) is 4.98 Å². The highest BCUT2D eigenvalue weighted by molar-refractivity contribution is 5.93. The number of fused-ring (bicyclic) bond motifs is 4. The molecule has 2 N–H and O–H groups in total. The van der Waals surface area contributed by atoms with E-state index in [9.17, 15) is 9.59 Å². The summed E-state index contributed by atoms with van der Waals surface area (Å²) in [4.78, 5) is 36.6. The maximum atomic E-state index is 14.1. The van der Waals surface area contributed by atoms with Crippen LogP contribution >= 0.6 is 0 Å². The molecule has 0 radical (unpaired) electrons. The second-order valence-corrected chi connectivity index (χ2v) is 14.0. The Morgan fingerprint density at radius 3 is 2.48 bits per heavy atom. The number of hydrogen-bond donors (Lipinski definition) is 2. The molecule has 0 spiro atoms. The number of amides is 1. The third-order valence-electron chi connectivity index (χ3n) is 10.1. The maximum absolute atomic E-state index is 14.1. The average Bonchev–Trinajstić information content (AvgIpc) is 3.40. The SMILES string of the molecule is Cc1cc(C)cc(-c2[nH]c3ncc(C(C)(C)C(=O)N4CC5CCC4CC5)cc3c2C(C)CNCCc2ccc(=O)n(C)c2)c1. The van der Waals surface area contributed by atoms with Gasteiger partial charge in [-0.2, -0.15) is 0 Å². The smallest absolute Gasteiger partial charge is 0.250 e. The van der Waals surface area contributed by atoms with Gasteiger partial charge in [-0.1, -0.05) is 30.2 Å². The second-order valence-electron chi connectivity index (χ2n) is 14.0. The van der Waals surface area contributed by atoms with Crippen molar-refractivity contribution in [2.24, 2.45) is 13.0 Å². The molecule has 1 atom stereocenters. The maximum Gasteiger partial charge on any atom is 0.250 e. The van der Waals surface area contributed by atoms with Gasteiger partial charge in [0.15, 0.2) is 0 Å². The zero-order valence-electron chi connectivity index (χ0n) is 27.2. The largest absolute Gasteiger partial charge is 0.339 e. The van der Waals surface area contributed by atoms with Crippen LogP contribution in [0.25, 0.3) is 22.3 Å². The second kappa shape index (κ2) is 12.0. The Morgan fingerprint density at radius 1 is 1.09 bits per heavy atom. The van der Waals surface area contributed by atoms with Crippen LogP contribution in [0, 0.1) is 19.8 Å². The Labute approximate surface area is 261 Å². The molecule has 1 amide bonds. The van der Waals surface area contributed by atoms with E-state index < -0.39 is 5.41 Å². The average molecular weight is 594 g/mol. The first kappa shape index (κ1) is 30.3. The third kappa shape index (κ3) is 5.86. The molecule has 2 saturated heterocycles. The van der Waals surface area contributed by atoms with Gasteiger partial charge in [0.1, 0.15) is 5.65 Å². The van der Waals surface area contributed by atoms with Crippen LogP contribution in [0.4, 0.5) is 0 Å². The number of benzene rings is 1. The molecule has 2 bridgehead atoms. The van der Waals surface area contributed by atoms with E-state index in [1.54, 1.807) is 17.7 Å². The minimum Gasteiger partial charge on any atom is -0.339 e. The number of piperidine rings is 2. The Hall–Kier alpha value is -3.71. The van der Waals surface area contributed by atoms with Crippen LogP contribution in [-0.2, 0) is 23.7 Å². The van der Waals surface area contributed by atoms with E-state index in [0.717, 1.165) is 72.3 Å². The highest BCUT2D eigenvalue weighted by atomic mass is 16.2. The fourth-order valence-corrected chi connectivity index (χ4v) is 7.54. The van der Waals surface area contributed by atoms with Crippen LogP contribution < -0.4 is 10.9 Å². The van der Waals surface area contributed by atoms with Gasteiger partial charge in [0.25, 0.3) is 0 Å². The van der Waals surface area contributed by atoms with Gasteiger partial charge in [0, 0.05) is 50.0 Å². The fraction of sp³-hybridized carbons (Fsp3) is 0.486. The van der Waals surface area contributed by atoms with Crippen LogP contribution in [0.5, 0.6) is 0 Å². The number of carbonyl (C=O) groups is 1. The number of rotatable bonds is 9. The topological polar surface area (TPSA) is 83.0 Å². The molecule has 7 nitrogen and oxygen atoms in total. The molecular formula is C37H47N5O2. The molecule has 4 aromatic rings. The first-order valence-corrected chi connectivity index (χ1v) is 16.3. The quantitative estimate of drug-likeness (QED) is 0.228. The number of nitrogens with one attached hydrogen (secondary N) is 2. The summed E-state index contributed by atoms with van der Waals surface area (Å²) < 4.78 is 1.63. The van der Waals surface area contributed by atoms with Gasteiger partial charge in [0.05, 0.1) is 11.1 Å². The van der Waals surface area contributed by atoms with E-state index in [4.69, 9.17) is 4.98 Å². The molecule has 3 aromatic heterocycles. The summed E-state index contributed by atoms with van der Waals surface area (Å²) in [6.07, 6.45) is 9.45. The van der Waals surface area contributed by atoms with Gasteiger partial charge in [-0.3, -0.25) is 9.59 Å². The molecule has 1 aliphatic carbocycles. The summed E-state index contributed by atoms with van der Waals surface area (Å²) in [5, 5.41) is 4.75. The van der Waals surface area contributed by atoms with Crippen molar-refractivity contribution in [3.8, 4) is 11.3 Å². The lowest BCUT2D eigenvalue weighted by Gasteiger charge is -2.47. The first-order chi connectivity index (χ1) is 21.0. The Balaban J connectivity index is 1.31. The third-order valence-corrected chi connectivity index (χ3v) is 10.1. The number of nitrogens with zero attached hydrogens (tertiary/aromatic N) is 3. The zero-order chi connectivity index (χ0) is 31.2. The minimum atomic E-state index is -0.662. The summed E-state index contributed by atoms with van der Waals surface area (Å²) in [6.45, 7) is 13.2. The Morgan fingerprint density at radius 2 is 1.82 bits per heavy atom. The van der Waals surface area contributed by atoms with Crippen LogP contribution in [0.1, 0.15) is 80.2 Å². The van der Waals surface area contributed by atoms with Crippen molar-refractivity contribution in [2.45, 2.75) is 84.1 Å². The molecule has 1 unspecified atom stereocenters. The van der Waals surface area contributed by atoms with Crippen LogP contribution in [0.3, 0.4) is 0 Å². The van der Waals surface area contributed by atoms with Crippen LogP contribution in [0.2, 0.25) is 0 Å². The molecule has 1 aromatic carbocycles. The van der Waals surface area contributed by atoms with Crippen molar-refractivity contribution < 1.29 is 4.79 Å². The molecular weight excluding hydrogens is 546 g/mol. The number of pyridine rings is 2. The molecule has 3 aliphatic rings. The number of aryl methyl sites for hydroxylation is 3. The number of H-pyrrole nitrogens is 1. The zero-order valence-corrected chi connectivity index (χ0v) is 27.2. The number of hydrogen-bond acceptors (Lipinski definition) is 4. The number of carbonyl (C=O) groups excluding carboxylic acids is 1. The molecule has 44 heavy (non-hydrogen) atoms. The number of aromatic amines is 1. The lowest BCUT2D eigenvalue weighted by Crippen LogP contribution is -2.55. The van der Waals surface area contributed by atoms with E-state index in [2.05, 4.69) is 74.1 Å².